The van der Waals surface area contributed by atoms with Gasteiger partial charge >= 0.3 is 6.09 Å². The average Bonchev–Trinajstić information content (AvgIpc) is 2.84. The van der Waals surface area contributed by atoms with Crippen LogP contribution in [-0.2, 0) is 11.3 Å². The zero-order valence-corrected chi connectivity index (χ0v) is 21.1. The Hall–Kier alpha value is -3.46. The number of carbonyl (C=O) groups is 1. The number of amides is 1. The van der Waals surface area contributed by atoms with E-state index in [2.05, 4.69) is 20.6 Å². The number of nitrogens with one attached hydrogen (secondary N) is 2. The standard InChI is InChI=1S/C26H34N6O3/c1-26(2,3)35-25(33)32-12-10-19(11-13-32)30-23-18(14-27-4)16-28-21-8-7-20(31-24(21)23)17-6-9-22(34-5)29-15-17/h6-9,15-16,19,27H,10-14H2,1-5H3,(H,28,30). The molecule has 1 fully saturated rings. The number of ether oxygens (including phenoxy) is 2. The highest BCUT2D eigenvalue weighted by atomic mass is 16.6. The molecule has 0 radical (unpaired) electrons. The van der Waals surface area contributed by atoms with Crippen LogP contribution in [-0.4, -0.2) is 64.8 Å². The van der Waals surface area contributed by atoms with Crippen LogP contribution in [0.1, 0.15) is 39.2 Å². The number of methoxy groups -OCH3 is 1. The average molecular weight is 479 g/mol. The number of anilines is 1. The van der Waals surface area contributed by atoms with Gasteiger partial charge in [0.15, 0.2) is 0 Å². The van der Waals surface area contributed by atoms with Crippen LogP contribution in [0.5, 0.6) is 5.88 Å². The minimum Gasteiger partial charge on any atom is -0.481 e. The van der Waals surface area contributed by atoms with Gasteiger partial charge in [0.25, 0.3) is 0 Å². The summed E-state index contributed by atoms with van der Waals surface area (Å²) in [5, 5.41) is 6.95. The fraction of sp³-hybridized carbons (Fsp3) is 0.462. The summed E-state index contributed by atoms with van der Waals surface area (Å²) in [5.41, 5.74) is 4.90. The second kappa shape index (κ2) is 10.4. The third-order valence-corrected chi connectivity index (χ3v) is 5.89. The predicted molar refractivity (Wildman–Crippen MR) is 137 cm³/mol. The van der Waals surface area contributed by atoms with Gasteiger partial charge in [-0.15, -0.1) is 0 Å². The molecule has 1 saturated heterocycles. The van der Waals surface area contributed by atoms with Gasteiger partial charge in [-0.3, -0.25) is 4.98 Å². The normalized spacial score (nSPS) is 14.7. The quantitative estimate of drug-likeness (QED) is 0.543. The second-order valence-electron chi connectivity index (χ2n) is 9.73. The first kappa shape index (κ1) is 24.7. The number of rotatable bonds is 6. The van der Waals surface area contributed by atoms with E-state index in [4.69, 9.17) is 14.5 Å². The van der Waals surface area contributed by atoms with Gasteiger partial charge in [-0.25, -0.2) is 14.8 Å². The molecule has 3 aromatic heterocycles. The number of aromatic nitrogens is 3. The number of nitrogens with zero attached hydrogens (tertiary/aromatic N) is 4. The van der Waals surface area contributed by atoms with Crippen LogP contribution in [0.15, 0.2) is 36.7 Å². The van der Waals surface area contributed by atoms with Gasteiger partial charge in [-0.1, -0.05) is 0 Å². The van der Waals surface area contributed by atoms with E-state index in [0.717, 1.165) is 46.4 Å². The molecule has 0 saturated carbocycles. The van der Waals surface area contributed by atoms with Crippen molar-refractivity contribution in [2.45, 2.75) is 51.8 Å². The summed E-state index contributed by atoms with van der Waals surface area (Å²) < 4.78 is 10.7. The van der Waals surface area contributed by atoms with Gasteiger partial charge in [0, 0.05) is 55.3 Å². The topological polar surface area (TPSA) is 102 Å². The van der Waals surface area contributed by atoms with Crippen LogP contribution in [0.25, 0.3) is 22.3 Å². The Balaban J connectivity index is 1.58. The van der Waals surface area contributed by atoms with Crippen molar-refractivity contribution in [1.82, 2.24) is 25.2 Å². The van der Waals surface area contributed by atoms with Crippen molar-refractivity contribution in [3.63, 3.8) is 0 Å². The van der Waals surface area contributed by atoms with Crippen molar-refractivity contribution in [2.75, 3.05) is 32.6 Å². The Kier molecular flexibility index (Phi) is 7.35. The number of hydrogen-bond acceptors (Lipinski definition) is 8. The van der Waals surface area contributed by atoms with Crippen LogP contribution in [0.3, 0.4) is 0 Å². The maximum absolute atomic E-state index is 12.4. The van der Waals surface area contributed by atoms with Crippen LogP contribution in [0.2, 0.25) is 0 Å². The number of carbonyl (C=O) groups excluding carboxylic acids is 1. The zero-order chi connectivity index (χ0) is 25.0. The first-order valence-corrected chi connectivity index (χ1v) is 12.0. The first-order valence-electron chi connectivity index (χ1n) is 12.0. The highest BCUT2D eigenvalue weighted by molar-refractivity contribution is 5.91. The SMILES string of the molecule is CNCc1cnc2ccc(-c3ccc(OC)nc3)nc2c1NC1CCN(C(=O)OC(C)(C)C)CC1. The molecule has 35 heavy (non-hydrogen) atoms. The molecule has 0 atom stereocenters. The number of pyridine rings is 3. The fourth-order valence-electron chi connectivity index (χ4n) is 4.14. The molecule has 9 heteroatoms. The van der Waals surface area contributed by atoms with Crippen molar-refractivity contribution >= 4 is 22.8 Å². The Labute approximate surface area is 206 Å². The molecule has 1 aliphatic rings. The molecule has 1 amide bonds. The van der Waals surface area contributed by atoms with Gasteiger partial charge in [0.2, 0.25) is 5.88 Å². The van der Waals surface area contributed by atoms with E-state index in [1.807, 2.05) is 58.3 Å². The van der Waals surface area contributed by atoms with Gasteiger partial charge in [-0.2, -0.15) is 0 Å². The van der Waals surface area contributed by atoms with Gasteiger partial charge in [0.1, 0.15) is 11.1 Å². The maximum atomic E-state index is 12.4. The van der Waals surface area contributed by atoms with E-state index >= 15 is 0 Å². The van der Waals surface area contributed by atoms with Gasteiger partial charge < -0.3 is 25.0 Å². The number of piperidine rings is 1. The molecular formula is C26H34N6O3. The summed E-state index contributed by atoms with van der Waals surface area (Å²) >= 11 is 0. The molecule has 0 bridgehead atoms. The molecule has 186 valence electrons. The Morgan fingerprint density at radius 3 is 2.51 bits per heavy atom. The summed E-state index contributed by atoms with van der Waals surface area (Å²) in [5.74, 6) is 0.563. The maximum Gasteiger partial charge on any atom is 0.410 e. The summed E-state index contributed by atoms with van der Waals surface area (Å²) in [6, 6.07) is 7.93. The molecule has 0 aliphatic carbocycles. The van der Waals surface area contributed by atoms with Crippen molar-refractivity contribution in [3.05, 3.63) is 42.2 Å². The third kappa shape index (κ3) is 5.97. The van der Waals surface area contributed by atoms with E-state index in [9.17, 15) is 4.79 Å². The van der Waals surface area contributed by atoms with E-state index in [1.165, 1.54) is 0 Å². The molecule has 4 heterocycles. The molecule has 0 aromatic carbocycles. The lowest BCUT2D eigenvalue weighted by atomic mass is 10.0. The Bertz CT molecular complexity index is 1170. The van der Waals surface area contributed by atoms with Crippen LogP contribution < -0.4 is 15.4 Å². The van der Waals surface area contributed by atoms with E-state index in [-0.39, 0.29) is 12.1 Å². The molecule has 4 rings (SSSR count). The van der Waals surface area contributed by atoms with E-state index < -0.39 is 5.60 Å². The molecular weight excluding hydrogens is 444 g/mol. The molecule has 2 N–H and O–H groups in total. The second-order valence-corrected chi connectivity index (χ2v) is 9.73. The molecule has 0 unspecified atom stereocenters. The number of likely N-dealkylation sites (tertiary alicyclic amines) is 1. The zero-order valence-electron chi connectivity index (χ0n) is 21.1. The smallest absolute Gasteiger partial charge is 0.410 e. The predicted octanol–water partition coefficient (Wildman–Crippen LogP) is 4.23. The Morgan fingerprint density at radius 1 is 1.11 bits per heavy atom. The summed E-state index contributed by atoms with van der Waals surface area (Å²) in [6.45, 7) is 7.62. The van der Waals surface area contributed by atoms with Crippen molar-refractivity contribution < 1.29 is 14.3 Å². The molecule has 9 nitrogen and oxygen atoms in total. The third-order valence-electron chi connectivity index (χ3n) is 5.89. The largest absolute Gasteiger partial charge is 0.481 e. The fourth-order valence-corrected chi connectivity index (χ4v) is 4.14. The van der Waals surface area contributed by atoms with E-state index in [1.54, 1.807) is 18.2 Å². The number of hydrogen-bond donors (Lipinski definition) is 2. The highest BCUT2D eigenvalue weighted by Crippen LogP contribution is 2.30. The van der Waals surface area contributed by atoms with Crippen LogP contribution in [0.4, 0.5) is 10.5 Å². The molecule has 3 aromatic rings. The molecule has 0 spiro atoms. The van der Waals surface area contributed by atoms with E-state index in [0.29, 0.717) is 25.5 Å². The van der Waals surface area contributed by atoms with Gasteiger partial charge in [-0.05, 0) is 58.9 Å². The van der Waals surface area contributed by atoms with Crippen molar-refractivity contribution in [1.29, 1.82) is 0 Å². The summed E-state index contributed by atoms with van der Waals surface area (Å²) in [7, 11) is 3.52. The minimum atomic E-state index is -0.493. The lowest BCUT2D eigenvalue weighted by Gasteiger charge is -2.34. The molecule has 1 aliphatic heterocycles. The summed E-state index contributed by atoms with van der Waals surface area (Å²) in [6.07, 6.45) is 5.06. The lowest BCUT2D eigenvalue weighted by molar-refractivity contribution is 0.0210. The number of fused-ring (bicyclic) bond motifs is 1. The van der Waals surface area contributed by atoms with Gasteiger partial charge in [0.05, 0.1) is 24.0 Å². The lowest BCUT2D eigenvalue weighted by Crippen LogP contribution is -2.44. The highest BCUT2D eigenvalue weighted by Gasteiger charge is 2.27. The van der Waals surface area contributed by atoms with Crippen molar-refractivity contribution in [3.8, 4) is 17.1 Å². The minimum absolute atomic E-state index is 0.211. The Morgan fingerprint density at radius 2 is 1.89 bits per heavy atom. The van der Waals surface area contributed by atoms with Crippen LogP contribution in [0, 0.1) is 0 Å². The summed E-state index contributed by atoms with van der Waals surface area (Å²) in [4.78, 5) is 28.2. The monoisotopic (exact) mass is 478 g/mol. The van der Waals surface area contributed by atoms with Crippen LogP contribution >= 0.6 is 0 Å². The first-order chi connectivity index (χ1) is 16.8. The van der Waals surface area contributed by atoms with Crippen molar-refractivity contribution in [2.24, 2.45) is 0 Å².